The highest BCUT2D eigenvalue weighted by Crippen LogP contribution is 1.96. The standard InChI is InChI=1S/C10H20N6/c1-2-6-16-13-10(12-14-16)3-7-15-8-4-11-5-9-15/h11H,2-9H2,1H3. The van der Waals surface area contributed by atoms with Gasteiger partial charge < -0.3 is 10.2 Å². The van der Waals surface area contributed by atoms with Gasteiger partial charge in [0.2, 0.25) is 0 Å². The zero-order chi connectivity index (χ0) is 11.2. The van der Waals surface area contributed by atoms with Crippen LogP contribution >= 0.6 is 0 Å². The Morgan fingerprint density at radius 1 is 1.25 bits per heavy atom. The summed E-state index contributed by atoms with van der Waals surface area (Å²) in [6.45, 7) is 8.46. The molecule has 0 saturated carbocycles. The number of rotatable bonds is 5. The highest BCUT2D eigenvalue weighted by Gasteiger charge is 2.10. The second-order valence-electron chi connectivity index (χ2n) is 4.14. The van der Waals surface area contributed by atoms with Crippen molar-refractivity contribution in [2.24, 2.45) is 0 Å². The molecule has 0 aliphatic carbocycles. The molecule has 0 atom stereocenters. The summed E-state index contributed by atoms with van der Waals surface area (Å²) in [5.74, 6) is 0.868. The number of hydrogen-bond acceptors (Lipinski definition) is 5. The second kappa shape index (κ2) is 5.91. The van der Waals surface area contributed by atoms with E-state index in [9.17, 15) is 0 Å². The SMILES string of the molecule is CCCn1nnc(CCN2CCNCC2)n1. The summed E-state index contributed by atoms with van der Waals surface area (Å²) >= 11 is 0. The average Bonchev–Trinajstić information content (AvgIpc) is 2.76. The van der Waals surface area contributed by atoms with Crippen molar-refractivity contribution in [3.8, 4) is 0 Å². The molecule has 0 amide bonds. The minimum atomic E-state index is 0.862. The van der Waals surface area contributed by atoms with Gasteiger partial charge in [-0.25, -0.2) is 0 Å². The van der Waals surface area contributed by atoms with E-state index in [0.29, 0.717) is 0 Å². The van der Waals surface area contributed by atoms with E-state index in [2.05, 4.69) is 32.6 Å². The molecule has 2 heterocycles. The van der Waals surface area contributed by atoms with Gasteiger partial charge in [-0.05, 0) is 11.6 Å². The molecular formula is C10H20N6. The van der Waals surface area contributed by atoms with Gasteiger partial charge in [0.1, 0.15) is 0 Å². The molecule has 1 fully saturated rings. The van der Waals surface area contributed by atoms with Crippen LogP contribution in [0.1, 0.15) is 19.2 Å². The monoisotopic (exact) mass is 224 g/mol. The van der Waals surface area contributed by atoms with Crippen LogP contribution in [0.3, 0.4) is 0 Å². The van der Waals surface area contributed by atoms with E-state index in [-0.39, 0.29) is 0 Å². The van der Waals surface area contributed by atoms with E-state index < -0.39 is 0 Å². The number of aryl methyl sites for hydroxylation is 1. The largest absolute Gasteiger partial charge is 0.314 e. The van der Waals surface area contributed by atoms with Crippen LogP contribution in [0.4, 0.5) is 0 Å². The maximum atomic E-state index is 4.34. The van der Waals surface area contributed by atoms with Gasteiger partial charge in [-0.3, -0.25) is 0 Å². The summed E-state index contributed by atoms with van der Waals surface area (Å²) in [6.07, 6.45) is 1.96. The molecule has 1 N–H and O–H groups in total. The number of piperazine rings is 1. The van der Waals surface area contributed by atoms with Gasteiger partial charge in [-0.2, -0.15) is 4.80 Å². The van der Waals surface area contributed by atoms with Crippen molar-refractivity contribution in [2.45, 2.75) is 26.3 Å². The Labute approximate surface area is 96.0 Å². The quantitative estimate of drug-likeness (QED) is 0.733. The van der Waals surface area contributed by atoms with Gasteiger partial charge in [0.25, 0.3) is 0 Å². The maximum absolute atomic E-state index is 4.34. The molecule has 0 aromatic carbocycles. The molecule has 2 rings (SSSR count). The molecule has 0 radical (unpaired) electrons. The van der Waals surface area contributed by atoms with Crippen LogP contribution in [0.5, 0.6) is 0 Å². The van der Waals surface area contributed by atoms with Crippen molar-refractivity contribution in [1.29, 1.82) is 0 Å². The lowest BCUT2D eigenvalue weighted by molar-refractivity contribution is 0.242. The first kappa shape index (κ1) is 11.5. The fourth-order valence-electron chi connectivity index (χ4n) is 1.86. The second-order valence-corrected chi connectivity index (χ2v) is 4.14. The Hall–Kier alpha value is -1.01. The molecule has 6 heteroatoms. The van der Waals surface area contributed by atoms with Crippen LogP contribution in [-0.4, -0.2) is 57.8 Å². The lowest BCUT2D eigenvalue weighted by Crippen LogP contribution is -2.44. The third-order valence-corrected chi connectivity index (χ3v) is 2.78. The van der Waals surface area contributed by atoms with Crippen molar-refractivity contribution in [3.63, 3.8) is 0 Å². The number of nitrogens with one attached hydrogen (secondary N) is 1. The maximum Gasteiger partial charge on any atom is 0.176 e. The summed E-state index contributed by atoms with van der Waals surface area (Å²) in [7, 11) is 0. The van der Waals surface area contributed by atoms with Crippen LogP contribution in [0.25, 0.3) is 0 Å². The van der Waals surface area contributed by atoms with Gasteiger partial charge >= 0.3 is 0 Å². The highest BCUT2D eigenvalue weighted by atomic mass is 15.6. The van der Waals surface area contributed by atoms with E-state index in [1.165, 1.54) is 0 Å². The molecule has 0 bridgehead atoms. The first-order valence-electron chi connectivity index (χ1n) is 6.08. The van der Waals surface area contributed by atoms with E-state index in [1.54, 1.807) is 4.80 Å². The first-order chi connectivity index (χ1) is 7.88. The van der Waals surface area contributed by atoms with Gasteiger partial charge in [0.05, 0.1) is 6.54 Å². The van der Waals surface area contributed by atoms with Crippen molar-refractivity contribution in [2.75, 3.05) is 32.7 Å². The summed E-state index contributed by atoms with van der Waals surface area (Å²) in [5.41, 5.74) is 0. The first-order valence-corrected chi connectivity index (χ1v) is 6.08. The summed E-state index contributed by atoms with van der Waals surface area (Å²) < 4.78 is 0. The number of nitrogens with zero attached hydrogens (tertiary/aromatic N) is 5. The van der Waals surface area contributed by atoms with Gasteiger partial charge in [0, 0.05) is 39.1 Å². The Balaban J connectivity index is 1.75. The smallest absolute Gasteiger partial charge is 0.176 e. The van der Waals surface area contributed by atoms with Crippen molar-refractivity contribution in [3.05, 3.63) is 5.82 Å². The lowest BCUT2D eigenvalue weighted by Gasteiger charge is -2.26. The predicted octanol–water partition coefficient (Wildman–Crippen LogP) is -0.469. The minimum Gasteiger partial charge on any atom is -0.314 e. The molecular weight excluding hydrogens is 204 g/mol. The molecule has 16 heavy (non-hydrogen) atoms. The number of hydrogen-bond donors (Lipinski definition) is 1. The third kappa shape index (κ3) is 3.24. The zero-order valence-corrected chi connectivity index (χ0v) is 9.89. The van der Waals surface area contributed by atoms with Crippen LogP contribution < -0.4 is 5.32 Å². The van der Waals surface area contributed by atoms with E-state index in [1.807, 2.05) is 0 Å². The average molecular weight is 224 g/mol. The Bertz CT molecular complexity index is 304. The molecule has 1 saturated heterocycles. The molecule has 0 unspecified atom stereocenters. The molecule has 1 aromatic heterocycles. The van der Waals surface area contributed by atoms with E-state index in [0.717, 1.165) is 57.9 Å². The molecule has 90 valence electrons. The highest BCUT2D eigenvalue weighted by molar-refractivity contribution is 4.80. The van der Waals surface area contributed by atoms with E-state index in [4.69, 9.17) is 0 Å². The number of aromatic nitrogens is 4. The fourth-order valence-corrected chi connectivity index (χ4v) is 1.86. The predicted molar refractivity (Wildman–Crippen MR) is 61.1 cm³/mol. The van der Waals surface area contributed by atoms with Gasteiger partial charge in [-0.15, -0.1) is 10.2 Å². The molecule has 1 aromatic rings. The summed E-state index contributed by atoms with van der Waals surface area (Å²) in [5, 5.41) is 15.8. The normalized spacial score (nSPS) is 17.8. The van der Waals surface area contributed by atoms with Crippen molar-refractivity contribution < 1.29 is 0 Å². The Morgan fingerprint density at radius 3 is 2.81 bits per heavy atom. The van der Waals surface area contributed by atoms with Crippen LogP contribution in [0.15, 0.2) is 0 Å². The molecule has 1 aliphatic rings. The van der Waals surface area contributed by atoms with E-state index >= 15 is 0 Å². The Kier molecular flexibility index (Phi) is 4.24. The van der Waals surface area contributed by atoms with Gasteiger partial charge in [0.15, 0.2) is 5.82 Å². The zero-order valence-electron chi connectivity index (χ0n) is 9.89. The van der Waals surface area contributed by atoms with Crippen LogP contribution in [0, 0.1) is 0 Å². The van der Waals surface area contributed by atoms with Gasteiger partial charge in [-0.1, -0.05) is 6.92 Å². The minimum absolute atomic E-state index is 0.862. The summed E-state index contributed by atoms with van der Waals surface area (Å²) in [4.78, 5) is 4.13. The molecule has 6 nitrogen and oxygen atoms in total. The Morgan fingerprint density at radius 2 is 2.06 bits per heavy atom. The molecule has 1 aliphatic heterocycles. The fraction of sp³-hybridized carbons (Fsp3) is 0.900. The van der Waals surface area contributed by atoms with Crippen LogP contribution in [0.2, 0.25) is 0 Å². The van der Waals surface area contributed by atoms with Crippen molar-refractivity contribution in [1.82, 2.24) is 30.4 Å². The third-order valence-electron chi connectivity index (χ3n) is 2.78. The van der Waals surface area contributed by atoms with Crippen LogP contribution in [-0.2, 0) is 13.0 Å². The van der Waals surface area contributed by atoms with Crippen molar-refractivity contribution >= 4 is 0 Å². The lowest BCUT2D eigenvalue weighted by atomic mass is 10.3. The number of tetrazole rings is 1. The topological polar surface area (TPSA) is 58.9 Å². The summed E-state index contributed by atoms with van der Waals surface area (Å²) in [6, 6.07) is 0. The molecule has 0 spiro atoms.